The van der Waals surface area contributed by atoms with Gasteiger partial charge in [-0.1, -0.05) is 0 Å². The molecular formula is C10H14BrN3O2. The second-order valence-electron chi connectivity index (χ2n) is 3.74. The molecule has 0 saturated carbocycles. The van der Waals surface area contributed by atoms with Crippen LogP contribution in [0.4, 0.5) is 0 Å². The van der Waals surface area contributed by atoms with E-state index in [0.29, 0.717) is 19.7 Å². The smallest absolute Gasteiger partial charge is 0.244 e. The number of rotatable bonds is 3. The Morgan fingerprint density at radius 3 is 3.19 bits per heavy atom. The molecule has 0 aromatic carbocycles. The Bertz CT molecular complexity index is 391. The highest BCUT2D eigenvalue weighted by atomic mass is 79.9. The van der Waals surface area contributed by atoms with Gasteiger partial charge in [-0.15, -0.1) is 0 Å². The van der Waals surface area contributed by atoms with Crippen molar-refractivity contribution in [1.82, 2.24) is 14.7 Å². The predicted octanol–water partition coefficient (Wildman–Crippen LogP) is 0.677. The van der Waals surface area contributed by atoms with Crippen LogP contribution in [0.2, 0.25) is 0 Å². The molecule has 0 spiro atoms. The van der Waals surface area contributed by atoms with Gasteiger partial charge >= 0.3 is 0 Å². The second-order valence-corrected chi connectivity index (χ2v) is 4.55. The van der Waals surface area contributed by atoms with Gasteiger partial charge in [0, 0.05) is 32.3 Å². The van der Waals surface area contributed by atoms with Crippen LogP contribution in [0.5, 0.6) is 0 Å². The standard InChI is InChI=1S/C10H14BrN3O2/c1-16-5-4-13-3-2-8-6-9(11)12-14(8)7-10(13)15/h6H,2-5,7H2,1H3. The first-order valence-corrected chi connectivity index (χ1v) is 5.99. The van der Waals surface area contributed by atoms with Gasteiger partial charge in [-0.25, -0.2) is 0 Å². The number of ether oxygens (including phenoxy) is 1. The van der Waals surface area contributed by atoms with Gasteiger partial charge in [0.1, 0.15) is 11.1 Å². The van der Waals surface area contributed by atoms with Crippen molar-refractivity contribution in [1.29, 1.82) is 0 Å². The van der Waals surface area contributed by atoms with Gasteiger partial charge < -0.3 is 9.64 Å². The molecular weight excluding hydrogens is 274 g/mol. The van der Waals surface area contributed by atoms with E-state index in [2.05, 4.69) is 21.0 Å². The third kappa shape index (κ3) is 2.44. The minimum atomic E-state index is 0.103. The third-order valence-electron chi connectivity index (χ3n) is 2.67. The fourth-order valence-electron chi connectivity index (χ4n) is 1.80. The largest absolute Gasteiger partial charge is 0.383 e. The van der Waals surface area contributed by atoms with E-state index in [4.69, 9.17) is 4.74 Å². The van der Waals surface area contributed by atoms with Gasteiger partial charge in [-0.2, -0.15) is 5.10 Å². The van der Waals surface area contributed by atoms with E-state index in [1.165, 1.54) is 0 Å². The summed E-state index contributed by atoms with van der Waals surface area (Å²) in [6, 6.07) is 1.97. The topological polar surface area (TPSA) is 47.4 Å². The Morgan fingerprint density at radius 1 is 1.62 bits per heavy atom. The SMILES string of the molecule is COCCN1CCc2cc(Br)nn2CC1=O. The molecule has 1 aliphatic heterocycles. The van der Waals surface area contributed by atoms with Crippen molar-refractivity contribution >= 4 is 21.8 Å². The Balaban J connectivity index is 2.07. The first-order chi connectivity index (χ1) is 7.70. The molecule has 0 radical (unpaired) electrons. The van der Waals surface area contributed by atoms with E-state index >= 15 is 0 Å². The summed E-state index contributed by atoms with van der Waals surface area (Å²) in [5, 5.41) is 4.23. The van der Waals surface area contributed by atoms with Crippen LogP contribution in [-0.2, 0) is 22.5 Å². The summed E-state index contributed by atoms with van der Waals surface area (Å²) >= 11 is 3.32. The molecule has 0 atom stereocenters. The van der Waals surface area contributed by atoms with Gasteiger partial charge in [0.05, 0.1) is 6.61 Å². The van der Waals surface area contributed by atoms with Crippen LogP contribution in [0, 0.1) is 0 Å². The number of aromatic nitrogens is 2. The fourth-order valence-corrected chi connectivity index (χ4v) is 2.25. The van der Waals surface area contributed by atoms with E-state index in [1.807, 2.05) is 11.0 Å². The maximum absolute atomic E-state index is 11.9. The van der Waals surface area contributed by atoms with Crippen LogP contribution in [0.25, 0.3) is 0 Å². The Hall–Kier alpha value is -0.880. The highest BCUT2D eigenvalue weighted by Gasteiger charge is 2.21. The lowest BCUT2D eigenvalue weighted by atomic mass is 10.3. The lowest BCUT2D eigenvalue weighted by molar-refractivity contribution is -0.132. The van der Waals surface area contributed by atoms with E-state index in [-0.39, 0.29) is 5.91 Å². The number of hydrogen-bond acceptors (Lipinski definition) is 3. The molecule has 0 bridgehead atoms. The van der Waals surface area contributed by atoms with Crippen molar-refractivity contribution in [2.75, 3.05) is 26.8 Å². The molecule has 1 amide bonds. The molecule has 2 rings (SSSR count). The van der Waals surface area contributed by atoms with Crippen molar-refractivity contribution in [3.05, 3.63) is 16.4 Å². The number of carbonyl (C=O) groups is 1. The molecule has 1 aliphatic rings. The average Bonchev–Trinajstić information content (AvgIpc) is 2.52. The van der Waals surface area contributed by atoms with E-state index in [0.717, 1.165) is 23.3 Å². The Labute approximate surface area is 102 Å². The molecule has 1 aromatic heterocycles. The Morgan fingerprint density at radius 2 is 2.44 bits per heavy atom. The molecule has 5 nitrogen and oxygen atoms in total. The van der Waals surface area contributed by atoms with Gasteiger partial charge in [0.2, 0.25) is 5.91 Å². The van der Waals surface area contributed by atoms with Crippen molar-refractivity contribution in [2.45, 2.75) is 13.0 Å². The van der Waals surface area contributed by atoms with Crippen molar-refractivity contribution in [3.8, 4) is 0 Å². The predicted molar refractivity (Wildman–Crippen MR) is 62.1 cm³/mol. The second kappa shape index (κ2) is 4.97. The molecule has 16 heavy (non-hydrogen) atoms. The lowest BCUT2D eigenvalue weighted by Gasteiger charge is -2.19. The number of methoxy groups -OCH3 is 1. The number of nitrogens with zero attached hydrogens (tertiary/aromatic N) is 3. The zero-order valence-electron chi connectivity index (χ0n) is 9.15. The van der Waals surface area contributed by atoms with Gasteiger partial charge in [0.15, 0.2) is 0 Å². The summed E-state index contributed by atoms with van der Waals surface area (Å²) < 4.78 is 7.54. The number of hydrogen-bond donors (Lipinski definition) is 0. The number of amides is 1. The highest BCUT2D eigenvalue weighted by Crippen LogP contribution is 2.14. The van der Waals surface area contributed by atoms with Crippen LogP contribution < -0.4 is 0 Å². The van der Waals surface area contributed by atoms with Crippen LogP contribution in [0.15, 0.2) is 10.7 Å². The normalized spacial score (nSPS) is 16.1. The highest BCUT2D eigenvalue weighted by molar-refractivity contribution is 9.10. The quantitative estimate of drug-likeness (QED) is 0.821. The maximum Gasteiger partial charge on any atom is 0.244 e. The van der Waals surface area contributed by atoms with Gasteiger partial charge in [-0.05, 0) is 22.0 Å². The van der Waals surface area contributed by atoms with Crippen molar-refractivity contribution in [2.24, 2.45) is 0 Å². The molecule has 0 N–H and O–H groups in total. The van der Waals surface area contributed by atoms with Gasteiger partial charge in [0.25, 0.3) is 0 Å². The molecule has 2 heterocycles. The third-order valence-corrected chi connectivity index (χ3v) is 3.06. The summed E-state index contributed by atoms with van der Waals surface area (Å²) in [7, 11) is 1.64. The number of halogens is 1. The molecule has 0 fully saturated rings. The van der Waals surface area contributed by atoms with Gasteiger partial charge in [-0.3, -0.25) is 9.48 Å². The zero-order chi connectivity index (χ0) is 11.5. The van der Waals surface area contributed by atoms with Crippen LogP contribution in [-0.4, -0.2) is 47.4 Å². The van der Waals surface area contributed by atoms with E-state index in [9.17, 15) is 4.79 Å². The minimum Gasteiger partial charge on any atom is -0.383 e. The summed E-state index contributed by atoms with van der Waals surface area (Å²) in [5.74, 6) is 0.103. The molecule has 0 unspecified atom stereocenters. The van der Waals surface area contributed by atoms with Crippen LogP contribution >= 0.6 is 15.9 Å². The summed E-state index contributed by atoms with van der Waals surface area (Å²) in [4.78, 5) is 13.7. The molecule has 88 valence electrons. The molecule has 6 heteroatoms. The number of carbonyl (C=O) groups excluding carboxylic acids is 1. The minimum absolute atomic E-state index is 0.103. The van der Waals surface area contributed by atoms with Crippen LogP contribution in [0.3, 0.4) is 0 Å². The fraction of sp³-hybridized carbons (Fsp3) is 0.600. The summed E-state index contributed by atoms with van der Waals surface area (Å²) in [6.45, 7) is 2.30. The monoisotopic (exact) mass is 287 g/mol. The number of fused-ring (bicyclic) bond motifs is 1. The first-order valence-electron chi connectivity index (χ1n) is 5.19. The lowest BCUT2D eigenvalue weighted by Crippen LogP contribution is -2.35. The van der Waals surface area contributed by atoms with E-state index < -0.39 is 0 Å². The summed E-state index contributed by atoms with van der Waals surface area (Å²) in [5.41, 5.74) is 1.10. The zero-order valence-corrected chi connectivity index (χ0v) is 10.7. The summed E-state index contributed by atoms with van der Waals surface area (Å²) in [6.07, 6.45) is 0.841. The first kappa shape index (κ1) is 11.6. The maximum atomic E-state index is 11.9. The van der Waals surface area contributed by atoms with E-state index in [1.54, 1.807) is 11.8 Å². The van der Waals surface area contributed by atoms with Crippen molar-refractivity contribution < 1.29 is 9.53 Å². The molecule has 0 saturated heterocycles. The molecule has 0 aliphatic carbocycles. The van der Waals surface area contributed by atoms with Crippen LogP contribution in [0.1, 0.15) is 5.69 Å². The van der Waals surface area contributed by atoms with Crippen molar-refractivity contribution in [3.63, 3.8) is 0 Å². The average molecular weight is 288 g/mol. The molecule has 1 aromatic rings. The Kier molecular flexibility index (Phi) is 3.60.